The predicted octanol–water partition coefficient (Wildman–Crippen LogP) is 1.31. The molecule has 110 valence electrons. The fraction of sp³-hybridized carbons (Fsp3) is 0.846. The van der Waals surface area contributed by atoms with E-state index in [9.17, 15) is 14.7 Å². The average Bonchev–Trinajstić information content (AvgIpc) is 2.35. The third-order valence-corrected chi connectivity index (χ3v) is 3.35. The van der Waals surface area contributed by atoms with Gasteiger partial charge in [0.25, 0.3) is 0 Å². The van der Waals surface area contributed by atoms with Gasteiger partial charge in [0.15, 0.2) is 0 Å². The summed E-state index contributed by atoms with van der Waals surface area (Å²) in [5.74, 6) is -0.592. The van der Waals surface area contributed by atoms with Crippen LogP contribution in [0.4, 0.5) is 4.79 Å². The molecule has 0 radical (unpaired) electrons. The van der Waals surface area contributed by atoms with Gasteiger partial charge in [-0.25, -0.2) is 9.59 Å². The number of nitrogens with one attached hydrogen (secondary N) is 1. The van der Waals surface area contributed by atoms with Crippen LogP contribution < -0.4 is 5.32 Å². The van der Waals surface area contributed by atoms with Crippen LogP contribution in [0.2, 0.25) is 0 Å². The molecule has 1 rings (SSSR count). The van der Waals surface area contributed by atoms with E-state index in [2.05, 4.69) is 5.32 Å². The summed E-state index contributed by atoms with van der Waals surface area (Å²) in [5, 5.41) is 12.0. The van der Waals surface area contributed by atoms with Crippen molar-refractivity contribution in [2.75, 3.05) is 19.8 Å². The predicted molar refractivity (Wildman–Crippen MR) is 71.0 cm³/mol. The molecule has 3 atom stereocenters. The Kier molecular flexibility index (Phi) is 6.08. The van der Waals surface area contributed by atoms with Gasteiger partial charge in [-0.15, -0.1) is 0 Å². The molecule has 1 saturated heterocycles. The third-order valence-electron chi connectivity index (χ3n) is 3.35. The third kappa shape index (κ3) is 4.70. The second-order valence-electron chi connectivity index (χ2n) is 5.19. The molecule has 0 saturated carbocycles. The lowest BCUT2D eigenvalue weighted by Crippen LogP contribution is -2.55. The Morgan fingerprint density at radius 1 is 1.53 bits per heavy atom. The smallest absolute Gasteiger partial charge is 0.326 e. The van der Waals surface area contributed by atoms with Gasteiger partial charge in [-0.2, -0.15) is 0 Å². The summed E-state index contributed by atoms with van der Waals surface area (Å²) in [7, 11) is 0. The molecule has 1 aliphatic rings. The molecule has 2 amide bonds. The number of likely N-dealkylation sites (tertiary alicyclic amines) is 1. The van der Waals surface area contributed by atoms with Gasteiger partial charge in [-0.3, -0.25) is 0 Å². The molecule has 0 aromatic rings. The largest absolute Gasteiger partial charge is 0.480 e. The Morgan fingerprint density at radius 2 is 2.21 bits per heavy atom. The lowest BCUT2D eigenvalue weighted by atomic mass is 9.93. The number of rotatable bonds is 5. The van der Waals surface area contributed by atoms with E-state index in [0.717, 1.165) is 6.42 Å². The number of carboxylic acid groups (broad SMARTS) is 1. The molecule has 1 heterocycles. The lowest BCUT2D eigenvalue weighted by Gasteiger charge is -2.36. The molecule has 6 heteroatoms. The van der Waals surface area contributed by atoms with E-state index in [0.29, 0.717) is 32.1 Å². The topological polar surface area (TPSA) is 78.9 Å². The molecular weight excluding hydrogens is 248 g/mol. The first kappa shape index (κ1) is 15.8. The zero-order valence-corrected chi connectivity index (χ0v) is 11.9. The van der Waals surface area contributed by atoms with E-state index in [4.69, 9.17) is 4.74 Å². The molecule has 0 aromatic carbocycles. The molecule has 1 aliphatic heterocycles. The Bertz CT molecular complexity index is 322. The standard InChI is InChI=1S/C13H24N2O4/c1-4-19-8-10(3)14-13(18)15-6-5-9(2)7-11(15)12(16)17/h9-11H,4-8H2,1-3H3,(H,14,18)(H,16,17). The Balaban J connectivity index is 2.56. The van der Waals surface area contributed by atoms with Crippen molar-refractivity contribution in [3.05, 3.63) is 0 Å². The van der Waals surface area contributed by atoms with Gasteiger partial charge in [0.2, 0.25) is 0 Å². The number of hydrogen-bond donors (Lipinski definition) is 2. The molecule has 19 heavy (non-hydrogen) atoms. The molecule has 3 unspecified atom stereocenters. The van der Waals surface area contributed by atoms with Crippen LogP contribution >= 0.6 is 0 Å². The maximum Gasteiger partial charge on any atom is 0.326 e. The first-order valence-electron chi connectivity index (χ1n) is 6.83. The number of amides is 2. The van der Waals surface area contributed by atoms with Crippen LogP contribution in [0.15, 0.2) is 0 Å². The highest BCUT2D eigenvalue weighted by atomic mass is 16.5. The van der Waals surface area contributed by atoms with Crippen molar-refractivity contribution in [2.24, 2.45) is 5.92 Å². The normalized spacial score (nSPS) is 24.9. The maximum absolute atomic E-state index is 12.1. The molecule has 0 bridgehead atoms. The minimum absolute atomic E-state index is 0.124. The highest BCUT2D eigenvalue weighted by Crippen LogP contribution is 2.22. The van der Waals surface area contributed by atoms with Crippen molar-refractivity contribution in [3.8, 4) is 0 Å². The monoisotopic (exact) mass is 272 g/mol. The molecule has 2 N–H and O–H groups in total. The van der Waals surface area contributed by atoms with Gasteiger partial charge in [0.05, 0.1) is 12.6 Å². The van der Waals surface area contributed by atoms with Crippen LogP contribution in [0.5, 0.6) is 0 Å². The first-order chi connectivity index (χ1) is 8.95. The van der Waals surface area contributed by atoms with Crippen molar-refractivity contribution in [2.45, 2.75) is 45.7 Å². The van der Waals surface area contributed by atoms with E-state index in [-0.39, 0.29) is 12.1 Å². The average molecular weight is 272 g/mol. The number of nitrogens with zero attached hydrogens (tertiary/aromatic N) is 1. The SMILES string of the molecule is CCOCC(C)NC(=O)N1CCC(C)CC1C(=O)O. The van der Waals surface area contributed by atoms with Gasteiger partial charge >= 0.3 is 12.0 Å². The van der Waals surface area contributed by atoms with E-state index in [1.54, 1.807) is 0 Å². The summed E-state index contributed by atoms with van der Waals surface area (Å²) in [6.45, 7) is 7.27. The Labute approximate surface area is 114 Å². The van der Waals surface area contributed by atoms with Crippen molar-refractivity contribution in [3.63, 3.8) is 0 Å². The number of ether oxygens (including phenoxy) is 1. The molecule has 0 aliphatic carbocycles. The summed E-state index contributed by atoms with van der Waals surface area (Å²) in [5.41, 5.74) is 0. The van der Waals surface area contributed by atoms with Crippen molar-refractivity contribution < 1.29 is 19.4 Å². The van der Waals surface area contributed by atoms with Crippen molar-refractivity contribution >= 4 is 12.0 Å². The van der Waals surface area contributed by atoms with Crippen LogP contribution in [-0.4, -0.2) is 53.8 Å². The fourth-order valence-corrected chi connectivity index (χ4v) is 2.25. The highest BCUT2D eigenvalue weighted by molar-refractivity contribution is 5.83. The van der Waals surface area contributed by atoms with E-state index in [1.165, 1.54) is 4.90 Å². The maximum atomic E-state index is 12.1. The fourth-order valence-electron chi connectivity index (χ4n) is 2.25. The molecular formula is C13H24N2O4. The lowest BCUT2D eigenvalue weighted by molar-refractivity contribution is -0.143. The Morgan fingerprint density at radius 3 is 2.79 bits per heavy atom. The number of aliphatic carboxylic acids is 1. The van der Waals surface area contributed by atoms with E-state index in [1.807, 2.05) is 20.8 Å². The molecule has 6 nitrogen and oxygen atoms in total. The molecule has 0 spiro atoms. The second kappa shape index (κ2) is 7.33. The van der Waals surface area contributed by atoms with Gasteiger partial charge in [0.1, 0.15) is 6.04 Å². The van der Waals surface area contributed by atoms with Gasteiger partial charge in [-0.05, 0) is 32.6 Å². The van der Waals surface area contributed by atoms with Crippen molar-refractivity contribution in [1.82, 2.24) is 10.2 Å². The summed E-state index contributed by atoms with van der Waals surface area (Å²) in [6, 6.07) is -1.16. The number of carboxylic acids is 1. The second-order valence-corrected chi connectivity index (χ2v) is 5.19. The minimum Gasteiger partial charge on any atom is -0.480 e. The first-order valence-corrected chi connectivity index (χ1v) is 6.83. The summed E-state index contributed by atoms with van der Waals surface area (Å²) in [4.78, 5) is 24.7. The van der Waals surface area contributed by atoms with Gasteiger partial charge in [-0.1, -0.05) is 6.92 Å². The Hall–Kier alpha value is -1.30. The summed E-state index contributed by atoms with van der Waals surface area (Å²) >= 11 is 0. The van der Waals surface area contributed by atoms with Crippen LogP contribution in [-0.2, 0) is 9.53 Å². The van der Waals surface area contributed by atoms with Crippen LogP contribution in [0.25, 0.3) is 0 Å². The van der Waals surface area contributed by atoms with E-state index < -0.39 is 12.0 Å². The van der Waals surface area contributed by atoms with Crippen LogP contribution in [0.3, 0.4) is 0 Å². The van der Waals surface area contributed by atoms with Gasteiger partial charge in [0, 0.05) is 13.2 Å². The highest BCUT2D eigenvalue weighted by Gasteiger charge is 2.35. The zero-order valence-electron chi connectivity index (χ0n) is 11.9. The zero-order chi connectivity index (χ0) is 14.4. The number of hydrogen-bond acceptors (Lipinski definition) is 3. The minimum atomic E-state index is -0.931. The summed E-state index contributed by atoms with van der Waals surface area (Å²) < 4.78 is 5.23. The number of piperidine rings is 1. The quantitative estimate of drug-likeness (QED) is 0.791. The van der Waals surface area contributed by atoms with Crippen LogP contribution in [0.1, 0.15) is 33.6 Å². The van der Waals surface area contributed by atoms with E-state index >= 15 is 0 Å². The number of carbonyl (C=O) groups is 2. The van der Waals surface area contributed by atoms with Gasteiger partial charge < -0.3 is 20.1 Å². The number of urea groups is 1. The van der Waals surface area contributed by atoms with Crippen LogP contribution in [0, 0.1) is 5.92 Å². The summed E-state index contributed by atoms with van der Waals surface area (Å²) in [6.07, 6.45) is 1.36. The molecule has 0 aromatic heterocycles. The number of carbonyl (C=O) groups excluding carboxylic acids is 1. The molecule has 1 fully saturated rings. The van der Waals surface area contributed by atoms with Crippen molar-refractivity contribution in [1.29, 1.82) is 0 Å².